The van der Waals surface area contributed by atoms with Crippen molar-refractivity contribution in [3.8, 4) is 0 Å². The molecular formula is C28H46BaO3S. The van der Waals surface area contributed by atoms with Crippen LogP contribution in [0.5, 0.6) is 0 Å². The summed E-state index contributed by atoms with van der Waals surface area (Å²) in [6.45, 7) is 4.61. The maximum absolute atomic E-state index is 11.0. The van der Waals surface area contributed by atoms with E-state index in [1.54, 1.807) is 57.8 Å². The van der Waals surface area contributed by atoms with Crippen molar-refractivity contribution in [3.05, 3.63) is 42.5 Å². The van der Waals surface area contributed by atoms with Gasteiger partial charge >= 0.3 is 150 Å². The van der Waals surface area contributed by atoms with Crippen molar-refractivity contribution in [3.63, 3.8) is 0 Å². The molecule has 0 fully saturated rings. The number of hydrogen-bond acceptors (Lipinski definition) is 2. The Morgan fingerprint density at radius 1 is 0.636 bits per heavy atom. The molecule has 5 heteroatoms. The van der Waals surface area contributed by atoms with E-state index in [9.17, 15) is 8.42 Å². The minimum atomic E-state index is -4.13. The van der Waals surface area contributed by atoms with Gasteiger partial charge in [-0.25, -0.2) is 0 Å². The summed E-state index contributed by atoms with van der Waals surface area (Å²) in [5.74, 6) is 0. The molecule has 2 rings (SSSR count). The molecule has 1 N–H and O–H groups in total. The van der Waals surface area contributed by atoms with E-state index >= 15 is 0 Å². The van der Waals surface area contributed by atoms with E-state index < -0.39 is 10.1 Å². The zero-order valence-electron chi connectivity index (χ0n) is 21.2. The van der Waals surface area contributed by atoms with Gasteiger partial charge in [0.15, 0.2) is 0 Å². The largest absolute Gasteiger partial charge is 0.295 e. The molecule has 0 aliphatic rings. The zero-order valence-corrected chi connectivity index (χ0v) is 26.5. The summed E-state index contributed by atoms with van der Waals surface area (Å²) < 4.78 is 34.4. The summed E-state index contributed by atoms with van der Waals surface area (Å²) in [6, 6.07) is 11.8. The third-order valence-electron chi connectivity index (χ3n) is 6.23. The fourth-order valence-corrected chi connectivity index (χ4v) is 10.5. The molecule has 0 unspecified atom stereocenters. The Labute approximate surface area is 228 Å². The predicted molar refractivity (Wildman–Crippen MR) is 145 cm³/mol. The molecule has 0 aliphatic carbocycles. The zero-order chi connectivity index (χ0) is 24.2. The molecule has 0 saturated heterocycles. The molecule has 33 heavy (non-hydrogen) atoms. The van der Waals surface area contributed by atoms with Crippen LogP contribution in [0, 0.1) is 0 Å². The Balaban J connectivity index is 0.000000342. The molecule has 2 aromatic rings. The number of unbranched alkanes of at least 4 members (excludes halogenated alkanes) is 12. The van der Waals surface area contributed by atoms with E-state index in [-0.39, 0.29) is 49.1 Å². The third-order valence-corrected chi connectivity index (χ3v) is 13.4. The van der Waals surface area contributed by atoms with Crippen LogP contribution in [0.3, 0.4) is 0 Å². The molecule has 0 aliphatic heterocycles. The first-order chi connectivity index (χ1) is 16.0. The minimum absolute atomic E-state index is 0.0457. The summed E-state index contributed by atoms with van der Waals surface area (Å²) in [5.41, 5.74) is 0. The molecule has 0 spiro atoms. The van der Waals surface area contributed by atoms with E-state index in [1.807, 2.05) is 6.07 Å². The number of fused-ring (bicyclic) bond motifs is 1. The average Bonchev–Trinajstić information content (AvgIpc) is 2.81. The Kier molecular flexibility index (Phi) is 19.3. The van der Waals surface area contributed by atoms with Gasteiger partial charge in [-0.1, -0.05) is 36.4 Å². The summed E-state index contributed by atoms with van der Waals surface area (Å²) in [7, 11) is -4.13. The normalized spacial score (nSPS) is 11.1. The van der Waals surface area contributed by atoms with Crippen LogP contribution in [-0.2, 0) is 10.1 Å². The number of benzene rings is 2. The molecule has 2 aromatic carbocycles. The second kappa shape index (κ2) is 20.4. The van der Waals surface area contributed by atoms with Crippen molar-refractivity contribution in [1.82, 2.24) is 0 Å². The SMILES string of the molecule is CCCCCCCC[CH2][Ba][CH2]CCCCCCCC.O=S(=O)(O)c1cccc2ccccc12. The van der Waals surface area contributed by atoms with Gasteiger partial charge in [0.2, 0.25) is 0 Å². The van der Waals surface area contributed by atoms with Crippen LogP contribution in [-0.4, -0.2) is 57.2 Å². The fourth-order valence-electron chi connectivity index (χ4n) is 4.22. The van der Waals surface area contributed by atoms with Gasteiger partial charge < -0.3 is 0 Å². The summed E-state index contributed by atoms with van der Waals surface area (Å²) in [6.07, 6.45) is 21.0. The van der Waals surface area contributed by atoms with E-state index in [0.29, 0.717) is 5.39 Å². The average molecular weight is 600 g/mol. The molecule has 0 amide bonds. The van der Waals surface area contributed by atoms with Gasteiger partial charge in [-0.15, -0.1) is 0 Å². The Bertz CT molecular complexity index is 815. The summed E-state index contributed by atoms with van der Waals surface area (Å²) in [5, 5.41) is 1.33. The van der Waals surface area contributed by atoms with Gasteiger partial charge in [0.1, 0.15) is 4.90 Å². The first kappa shape index (κ1) is 31.2. The Morgan fingerprint density at radius 2 is 1.09 bits per heavy atom. The first-order valence-electron chi connectivity index (χ1n) is 13.5. The molecular weight excluding hydrogens is 554 g/mol. The summed E-state index contributed by atoms with van der Waals surface area (Å²) in [4.78, 5) is -0.0457. The molecule has 184 valence electrons. The molecule has 0 saturated carbocycles. The van der Waals surface area contributed by atoms with Gasteiger partial charge in [0.05, 0.1) is 0 Å². The predicted octanol–water partition coefficient (Wildman–Crippen LogP) is 9.11. The molecule has 0 bridgehead atoms. The fraction of sp³-hybridized carbons (Fsp3) is 0.643. The quantitative estimate of drug-likeness (QED) is 0.112. The number of hydrogen-bond donors (Lipinski definition) is 1. The maximum Gasteiger partial charge on any atom is 0.295 e. The Hall–Kier alpha value is 0.181. The van der Waals surface area contributed by atoms with Crippen LogP contribution >= 0.6 is 0 Å². The topological polar surface area (TPSA) is 54.4 Å². The molecule has 0 heterocycles. The van der Waals surface area contributed by atoms with Crippen molar-refractivity contribution in [2.24, 2.45) is 0 Å². The first-order valence-corrected chi connectivity index (χ1v) is 21.2. The second-order valence-electron chi connectivity index (χ2n) is 9.26. The van der Waals surface area contributed by atoms with E-state index in [2.05, 4.69) is 13.8 Å². The third kappa shape index (κ3) is 15.7. The van der Waals surface area contributed by atoms with Crippen LogP contribution in [0.4, 0.5) is 0 Å². The maximum atomic E-state index is 11.0. The molecule has 0 atom stereocenters. The van der Waals surface area contributed by atoms with Crippen LogP contribution < -0.4 is 0 Å². The standard InChI is InChI=1S/C10H8O3S.2C9H19.Ba/c11-14(12,13)10-7-3-5-8-4-1-2-6-9(8)10;2*1-3-5-7-9-8-6-4-2;/h1-7H,(H,11,12,13);2*1,3-9H2,2H3;. The summed E-state index contributed by atoms with van der Waals surface area (Å²) >= 11 is -0.376. The second-order valence-corrected chi connectivity index (χ2v) is 17.3. The van der Waals surface area contributed by atoms with Gasteiger partial charge in [-0.2, -0.15) is 8.42 Å². The van der Waals surface area contributed by atoms with Gasteiger partial charge in [-0.3, -0.25) is 4.55 Å². The van der Waals surface area contributed by atoms with Gasteiger partial charge in [0, 0.05) is 5.39 Å². The minimum Gasteiger partial charge on any atom is -0.282 e. The van der Waals surface area contributed by atoms with Gasteiger partial charge in [-0.05, 0) is 11.5 Å². The molecule has 0 aromatic heterocycles. The van der Waals surface area contributed by atoms with Crippen LogP contribution in [0.15, 0.2) is 47.4 Å². The van der Waals surface area contributed by atoms with Gasteiger partial charge in [0.25, 0.3) is 10.1 Å². The van der Waals surface area contributed by atoms with E-state index in [0.717, 1.165) is 5.39 Å². The molecule has 0 radical (unpaired) electrons. The van der Waals surface area contributed by atoms with E-state index in [1.165, 1.54) is 70.3 Å². The Morgan fingerprint density at radius 3 is 1.61 bits per heavy atom. The van der Waals surface area contributed by atoms with Crippen molar-refractivity contribution in [2.75, 3.05) is 0 Å². The monoisotopic (exact) mass is 600 g/mol. The van der Waals surface area contributed by atoms with Crippen molar-refractivity contribution >= 4 is 65.1 Å². The molecule has 3 nitrogen and oxygen atoms in total. The van der Waals surface area contributed by atoms with Crippen molar-refractivity contribution < 1.29 is 13.0 Å². The van der Waals surface area contributed by atoms with Crippen LogP contribution in [0.25, 0.3) is 10.8 Å². The van der Waals surface area contributed by atoms with Crippen LogP contribution in [0.1, 0.15) is 104 Å². The smallest absolute Gasteiger partial charge is 0.282 e. The van der Waals surface area contributed by atoms with Crippen LogP contribution in [0.2, 0.25) is 1.78 Å². The van der Waals surface area contributed by atoms with Crippen molar-refractivity contribution in [1.29, 1.82) is 0 Å². The number of rotatable bonds is 17. The van der Waals surface area contributed by atoms with E-state index in [4.69, 9.17) is 4.55 Å². The van der Waals surface area contributed by atoms with Crippen molar-refractivity contribution in [2.45, 2.75) is 110 Å².